The molecule has 9 heteroatoms. The molecule has 0 saturated carbocycles. The molecule has 0 radical (unpaired) electrons. The quantitative estimate of drug-likeness (QED) is 0.494. The van der Waals surface area contributed by atoms with Crippen LogP contribution in [0.4, 0.5) is 0 Å². The fourth-order valence-electron chi connectivity index (χ4n) is 3.62. The number of sulfone groups is 1. The van der Waals surface area contributed by atoms with Crippen molar-refractivity contribution in [2.75, 3.05) is 51.3 Å². The first-order chi connectivity index (χ1) is 13.9. The molecule has 2 N–H and O–H groups in total. The average Bonchev–Trinajstić information content (AvgIpc) is 3.04. The summed E-state index contributed by atoms with van der Waals surface area (Å²) in [6, 6.07) is 4.14. The first kappa shape index (κ1) is 21.7. The van der Waals surface area contributed by atoms with E-state index < -0.39 is 9.84 Å². The molecule has 2 aliphatic rings. The van der Waals surface area contributed by atoms with Gasteiger partial charge in [0.05, 0.1) is 18.1 Å². The summed E-state index contributed by atoms with van der Waals surface area (Å²) in [6.45, 7) is 7.91. The minimum Gasteiger partial charge on any atom is -0.494 e. The summed E-state index contributed by atoms with van der Waals surface area (Å²) < 4.78 is 34.7. The summed E-state index contributed by atoms with van der Waals surface area (Å²) in [4.78, 5) is 6.44. The van der Waals surface area contributed by atoms with Crippen LogP contribution in [0.15, 0.2) is 17.1 Å². The number of nitrogens with one attached hydrogen (secondary N) is 2. The van der Waals surface area contributed by atoms with Crippen molar-refractivity contribution in [2.45, 2.75) is 32.9 Å². The van der Waals surface area contributed by atoms with Crippen LogP contribution in [0.2, 0.25) is 0 Å². The van der Waals surface area contributed by atoms with Crippen molar-refractivity contribution < 1.29 is 17.9 Å². The lowest BCUT2D eigenvalue weighted by atomic mass is 10.1. The number of benzene rings is 1. The van der Waals surface area contributed by atoms with Gasteiger partial charge in [-0.1, -0.05) is 0 Å². The average molecular weight is 425 g/mol. The highest BCUT2D eigenvalue weighted by molar-refractivity contribution is 7.91. The van der Waals surface area contributed by atoms with Crippen molar-refractivity contribution in [1.29, 1.82) is 0 Å². The van der Waals surface area contributed by atoms with Gasteiger partial charge in [-0.25, -0.2) is 8.42 Å². The number of rotatable bonds is 7. The van der Waals surface area contributed by atoms with Crippen LogP contribution in [-0.4, -0.2) is 76.7 Å². The number of aliphatic imine (C=N–C) groups is 1. The zero-order valence-corrected chi connectivity index (χ0v) is 18.3. The Balaban J connectivity index is 1.51. The SMILES string of the molecule is CCOc1cc2c(cc1CNC(=NC)NCCN1CCS(=O)(=O)CC1)OC(C)C2. The van der Waals surface area contributed by atoms with Gasteiger partial charge in [0.25, 0.3) is 0 Å². The minimum atomic E-state index is -2.84. The van der Waals surface area contributed by atoms with E-state index in [1.165, 1.54) is 5.56 Å². The van der Waals surface area contributed by atoms with E-state index in [9.17, 15) is 8.42 Å². The zero-order valence-electron chi connectivity index (χ0n) is 17.5. The molecule has 1 aromatic carbocycles. The summed E-state index contributed by atoms with van der Waals surface area (Å²) in [5.74, 6) is 3.01. The highest BCUT2D eigenvalue weighted by atomic mass is 32.2. The van der Waals surface area contributed by atoms with Gasteiger partial charge in [-0.2, -0.15) is 0 Å². The molecule has 1 aromatic rings. The highest BCUT2D eigenvalue weighted by Gasteiger charge is 2.22. The normalized spacial score (nSPS) is 21.3. The van der Waals surface area contributed by atoms with Crippen LogP contribution in [0.3, 0.4) is 0 Å². The number of guanidine groups is 1. The van der Waals surface area contributed by atoms with Crippen LogP contribution in [0, 0.1) is 0 Å². The standard InChI is InChI=1S/C20H32N4O4S/c1-4-27-18-12-16-11-15(2)28-19(16)13-17(18)14-23-20(21-3)22-5-6-24-7-9-29(25,26)10-8-24/h12-13,15H,4-11,14H2,1-3H3,(H2,21,22,23). The molecule has 0 bridgehead atoms. The van der Waals surface area contributed by atoms with Gasteiger partial charge in [-0.3, -0.25) is 9.89 Å². The molecule has 0 amide bonds. The summed E-state index contributed by atoms with van der Waals surface area (Å²) in [6.07, 6.45) is 1.10. The van der Waals surface area contributed by atoms with Crippen LogP contribution >= 0.6 is 0 Å². The maximum Gasteiger partial charge on any atom is 0.191 e. The smallest absolute Gasteiger partial charge is 0.191 e. The highest BCUT2D eigenvalue weighted by Crippen LogP contribution is 2.35. The molecule has 3 rings (SSSR count). The third kappa shape index (κ3) is 5.99. The fourth-order valence-corrected chi connectivity index (χ4v) is 4.89. The van der Waals surface area contributed by atoms with Crippen LogP contribution in [0.1, 0.15) is 25.0 Å². The van der Waals surface area contributed by atoms with Crippen molar-refractivity contribution in [1.82, 2.24) is 15.5 Å². The summed E-state index contributed by atoms with van der Waals surface area (Å²) in [5.41, 5.74) is 2.22. The van der Waals surface area contributed by atoms with E-state index in [0.717, 1.165) is 30.0 Å². The van der Waals surface area contributed by atoms with Crippen molar-refractivity contribution in [3.63, 3.8) is 0 Å². The molecule has 2 aliphatic heterocycles. The zero-order chi connectivity index (χ0) is 20.9. The Labute approximate surface area is 173 Å². The number of hydrogen-bond donors (Lipinski definition) is 2. The van der Waals surface area contributed by atoms with Gasteiger partial charge in [-0.05, 0) is 26.0 Å². The molecule has 1 fully saturated rings. The Morgan fingerprint density at radius 3 is 2.76 bits per heavy atom. The molecule has 2 heterocycles. The molecule has 0 aromatic heterocycles. The maximum absolute atomic E-state index is 11.5. The van der Waals surface area contributed by atoms with Gasteiger partial charge >= 0.3 is 0 Å². The van der Waals surface area contributed by atoms with Gasteiger partial charge in [0.2, 0.25) is 0 Å². The molecule has 29 heavy (non-hydrogen) atoms. The number of hydrogen-bond acceptors (Lipinski definition) is 6. The minimum absolute atomic E-state index is 0.196. The van der Waals surface area contributed by atoms with Crippen LogP contribution in [-0.2, 0) is 22.8 Å². The van der Waals surface area contributed by atoms with Crippen LogP contribution in [0.25, 0.3) is 0 Å². The van der Waals surface area contributed by atoms with E-state index in [-0.39, 0.29) is 17.6 Å². The van der Waals surface area contributed by atoms with Crippen molar-refractivity contribution in [3.8, 4) is 11.5 Å². The van der Waals surface area contributed by atoms with Crippen molar-refractivity contribution in [2.24, 2.45) is 4.99 Å². The van der Waals surface area contributed by atoms with Crippen LogP contribution in [0.5, 0.6) is 11.5 Å². The topological polar surface area (TPSA) is 92.3 Å². The lowest BCUT2D eigenvalue weighted by Crippen LogP contribution is -2.45. The second kappa shape index (κ2) is 9.67. The van der Waals surface area contributed by atoms with E-state index in [0.29, 0.717) is 38.7 Å². The Morgan fingerprint density at radius 1 is 1.31 bits per heavy atom. The molecule has 162 valence electrons. The molecule has 1 saturated heterocycles. The Kier molecular flexibility index (Phi) is 7.23. The van der Waals surface area contributed by atoms with E-state index in [1.54, 1.807) is 7.05 Å². The molecule has 0 spiro atoms. The van der Waals surface area contributed by atoms with E-state index in [2.05, 4.69) is 39.6 Å². The van der Waals surface area contributed by atoms with E-state index in [1.807, 2.05) is 6.92 Å². The molecule has 1 atom stereocenters. The molecule has 8 nitrogen and oxygen atoms in total. The third-order valence-electron chi connectivity index (χ3n) is 5.21. The summed E-state index contributed by atoms with van der Waals surface area (Å²) in [5, 5.41) is 6.62. The molecule has 0 aliphatic carbocycles. The van der Waals surface area contributed by atoms with Crippen molar-refractivity contribution in [3.05, 3.63) is 23.3 Å². The Hall–Kier alpha value is -2.00. The largest absolute Gasteiger partial charge is 0.494 e. The van der Waals surface area contributed by atoms with Crippen LogP contribution < -0.4 is 20.1 Å². The first-order valence-electron chi connectivity index (χ1n) is 10.2. The predicted molar refractivity (Wildman–Crippen MR) is 115 cm³/mol. The van der Waals surface area contributed by atoms with Gasteiger partial charge in [0.15, 0.2) is 15.8 Å². The van der Waals surface area contributed by atoms with Gasteiger partial charge < -0.3 is 20.1 Å². The Morgan fingerprint density at radius 2 is 2.07 bits per heavy atom. The number of nitrogens with zero attached hydrogens (tertiary/aromatic N) is 2. The van der Waals surface area contributed by atoms with Gasteiger partial charge in [0, 0.05) is 57.3 Å². The Bertz CT molecular complexity index is 827. The number of ether oxygens (including phenoxy) is 2. The predicted octanol–water partition coefficient (Wildman–Crippen LogP) is 0.804. The lowest BCUT2D eigenvalue weighted by molar-refractivity contribution is 0.254. The molecular formula is C20H32N4O4S. The van der Waals surface area contributed by atoms with Gasteiger partial charge in [0.1, 0.15) is 17.6 Å². The molecular weight excluding hydrogens is 392 g/mol. The maximum atomic E-state index is 11.5. The van der Waals surface area contributed by atoms with Gasteiger partial charge in [-0.15, -0.1) is 0 Å². The third-order valence-corrected chi connectivity index (χ3v) is 6.82. The first-order valence-corrected chi connectivity index (χ1v) is 12.0. The second-order valence-electron chi connectivity index (χ2n) is 7.48. The molecule has 1 unspecified atom stereocenters. The fraction of sp³-hybridized carbons (Fsp3) is 0.650. The number of fused-ring (bicyclic) bond motifs is 1. The summed E-state index contributed by atoms with van der Waals surface area (Å²) in [7, 11) is -1.10. The lowest BCUT2D eigenvalue weighted by Gasteiger charge is -2.26. The van der Waals surface area contributed by atoms with E-state index >= 15 is 0 Å². The van der Waals surface area contributed by atoms with E-state index in [4.69, 9.17) is 9.47 Å². The second-order valence-corrected chi connectivity index (χ2v) is 9.78. The monoisotopic (exact) mass is 424 g/mol. The van der Waals surface area contributed by atoms with Crippen molar-refractivity contribution >= 4 is 15.8 Å². The summed E-state index contributed by atoms with van der Waals surface area (Å²) >= 11 is 0.